The van der Waals surface area contributed by atoms with E-state index < -0.39 is 212 Å². The summed E-state index contributed by atoms with van der Waals surface area (Å²) in [6.07, 6.45) is 4.73. The summed E-state index contributed by atoms with van der Waals surface area (Å²) >= 11 is 0. The Balaban J connectivity index is 0.940. The van der Waals surface area contributed by atoms with E-state index in [4.69, 9.17) is 27.7 Å². The normalized spacial score (nSPS) is 18.1. The minimum Gasteiger partial charge on any atom is -0.508 e. The zero-order valence-corrected chi connectivity index (χ0v) is 76.7. The number of aliphatic hydroxyl groups is 1. The first-order chi connectivity index (χ1) is 62.8. The number of aromatic nitrogens is 2. The molecule has 132 heavy (non-hydrogen) atoms. The zero-order valence-electron chi connectivity index (χ0n) is 76.7. The molecule has 3 aliphatic rings. The number of likely N-dealkylation sites (tertiary alicyclic amines) is 3. The molecule has 15 atom stereocenters. The van der Waals surface area contributed by atoms with Gasteiger partial charge in [-0.1, -0.05) is 116 Å². The van der Waals surface area contributed by atoms with Gasteiger partial charge in [0.2, 0.25) is 88.6 Å². The van der Waals surface area contributed by atoms with E-state index in [0.717, 1.165) is 15.8 Å². The fourth-order valence-corrected chi connectivity index (χ4v) is 17.3. The van der Waals surface area contributed by atoms with Crippen molar-refractivity contribution in [1.29, 1.82) is 0 Å². The number of nitrogens with zero attached hydrogens (tertiary/aromatic N) is 6. The average molecular weight is 1840 g/mol. The molecule has 3 aromatic carbocycles. The van der Waals surface area contributed by atoms with E-state index in [9.17, 15) is 78.1 Å². The van der Waals surface area contributed by atoms with Crippen LogP contribution in [0.3, 0.4) is 0 Å². The molecule has 0 spiro atoms. The predicted molar refractivity (Wildman–Crippen MR) is 485 cm³/mol. The van der Waals surface area contributed by atoms with E-state index in [1.165, 1.54) is 62.5 Å². The van der Waals surface area contributed by atoms with Gasteiger partial charge in [-0.3, -0.25) is 76.7 Å². The van der Waals surface area contributed by atoms with Crippen molar-refractivity contribution in [1.82, 2.24) is 82.1 Å². The number of aliphatic hydroxyl groups excluding tert-OH is 1. The highest BCUT2D eigenvalue weighted by molar-refractivity contribution is 6.01. The summed E-state index contributed by atoms with van der Waals surface area (Å²) in [6, 6.07) is 1.56. The summed E-state index contributed by atoms with van der Waals surface area (Å²) in [5, 5.41) is 63.5. The lowest BCUT2D eigenvalue weighted by Gasteiger charge is -2.38. The summed E-state index contributed by atoms with van der Waals surface area (Å²) in [7, 11) is 2.76. The van der Waals surface area contributed by atoms with Gasteiger partial charge in [0.15, 0.2) is 0 Å². The predicted octanol–water partition coefficient (Wildman–Crippen LogP) is -0.668. The summed E-state index contributed by atoms with van der Waals surface area (Å²) in [4.78, 5) is 237. The van der Waals surface area contributed by atoms with Crippen molar-refractivity contribution in [2.24, 2.45) is 34.8 Å². The van der Waals surface area contributed by atoms with Crippen LogP contribution in [-0.2, 0) is 107 Å². The number of likely N-dealkylation sites (N-methyl/N-ethyl adjacent to an activating group) is 2. The number of piperidine rings is 1. The van der Waals surface area contributed by atoms with Crippen molar-refractivity contribution in [3.63, 3.8) is 0 Å². The number of β-amino-alcohol motifs (C(OH)–C–C–N with tert-alkyl or cyclic N) is 1. The van der Waals surface area contributed by atoms with Crippen molar-refractivity contribution >= 4 is 116 Å². The largest absolute Gasteiger partial charge is 0.508 e. The van der Waals surface area contributed by atoms with Crippen molar-refractivity contribution in [2.45, 2.75) is 268 Å². The molecule has 0 radical (unpaired) electrons. The molecule has 15 amide bonds. The van der Waals surface area contributed by atoms with E-state index in [1.807, 2.05) is 57.4 Å². The standard InChI is InChI=1S/C91H134N20O21/c1-10-12-24-72(106(8)91(130)75(25-13-11-2)107(9)87(126)67(42-56-46-108(48-78(116)117)71-26-17-15-22-60(56)71)101-80(119)62(33-34-92)98-82(121)64(105-131)41-55-45-96-61-23-16-14-21-59(55)61)84(123)99-63(37-51(3)4)81(120)104-70(79(95)118)49-132-50-77(115)97-66(40-54-29-31-57(112)32-30-54)88(127)109-35-19-18-27-73(109)85(124)102-68(43-76(94)114)89(128)110-36-20-28-74(110)86(125)103-69(44-93)83(122)100-65(38-52(5)6)90(129)111-47-58(113)39-53(111)7/h14-17,21-23,26,29-32,45-46,51-53,58,62-70,72-75,96,105,112-113,131H,10-13,18-20,24-25,27-28,33-44,47-50,92-93H2,1-9H3,(H2,94,114)(H2,95,118)(H,97,115)(H,98,121)(H,99,123)(H,100,122)(H,101,119)(H,102,124)(H,103,125)(H,104,120)(H,116,117)/t53-,58-,62+,63+,64+,65+,66+,67+,68+,69+,70+,72+,73+,74+,75+/m1/s1. The Morgan fingerprint density at radius 3 is 1.70 bits per heavy atom. The second kappa shape index (κ2) is 50.4. The summed E-state index contributed by atoms with van der Waals surface area (Å²) in [5.74, 6) is -14.1. The number of para-hydroxylation sites is 2. The van der Waals surface area contributed by atoms with Crippen LogP contribution in [0.5, 0.6) is 5.75 Å². The number of primary amides is 2. The molecule has 2 aromatic heterocycles. The van der Waals surface area contributed by atoms with Crippen LogP contribution in [0.1, 0.15) is 168 Å². The first-order valence-corrected chi connectivity index (χ1v) is 45.4. The number of amides is 15. The van der Waals surface area contributed by atoms with Gasteiger partial charge in [0, 0.05) is 99.8 Å². The lowest BCUT2D eigenvalue weighted by atomic mass is 9.97. The summed E-state index contributed by atoms with van der Waals surface area (Å²) in [5.41, 5.74) is 28.5. The first kappa shape index (κ1) is 105. The number of fused-ring (bicyclic) bond motifs is 2. The Hall–Kier alpha value is -12.2. The number of hydroxylamine groups is 1. The van der Waals surface area contributed by atoms with Crippen LogP contribution in [0.2, 0.25) is 0 Å². The molecule has 8 rings (SSSR count). The zero-order chi connectivity index (χ0) is 96.9. The summed E-state index contributed by atoms with van der Waals surface area (Å²) in [6.45, 7) is 10.2. The number of nitrogens with two attached hydrogens (primary N) is 4. The molecule has 5 aromatic rings. The number of rotatable bonds is 51. The lowest BCUT2D eigenvalue weighted by Crippen LogP contribution is -2.62. The molecular weight excluding hydrogens is 1710 g/mol. The van der Waals surface area contributed by atoms with Gasteiger partial charge >= 0.3 is 5.97 Å². The minimum absolute atomic E-state index is 0.0193. The number of phenols is 1. The quantitative estimate of drug-likeness (QED) is 0.0215. The number of unbranched alkanes of at least 4 members (excludes halogenated alkanes) is 2. The molecule has 3 saturated heterocycles. The maximum Gasteiger partial charge on any atom is 0.323 e. The van der Waals surface area contributed by atoms with Crippen molar-refractivity contribution in [2.75, 3.05) is 60.0 Å². The van der Waals surface area contributed by atoms with Gasteiger partial charge in [0.25, 0.3) is 0 Å². The lowest BCUT2D eigenvalue weighted by molar-refractivity contribution is -0.149. The number of ether oxygens (including phenoxy) is 1. The number of H-pyrrole nitrogens is 1. The second-order valence-electron chi connectivity index (χ2n) is 35.4. The number of hydrogen-bond donors (Lipinski definition) is 18. The Labute approximate surface area is 767 Å². The number of aromatic amines is 1. The van der Waals surface area contributed by atoms with Gasteiger partial charge in [0.05, 0.1) is 19.1 Å². The van der Waals surface area contributed by atoms with E-state index in [-0.39, 0.29) is 120 Å². The van der Waals surface area contributed by atoms with Gasteiger partial charge in [-0.15, -0.1) is 0 Å². The molecule has 0 aliphatic carbocycles. The molecule has 22 N–H and O–H groups in total. The number of aliphatic carboxylic acids is 1. The van der Waals surface area contributed by atoms with E-state index in [1.54, 1.807) is 57.4 Å². The number of aromatic hydroxyl groups is 1. The Morgan fingerprint density at radius 2 is 1.10 bits per heavy atom. The van der Waals surface area contributed by atoms with Gasteiger partial charge in [0.1, 0.15) is 97.4 Å². The third-order valence-electron chi connectivity index (χ3n) is 24.3. The second-order valence-corrected chi connectivity index (χ2v) is 35.4. The maximum absolute atomic E-state index is 15.6. The highest BCUT2D eigenvalue weighted by atomic mass is 16.5. The molecule has 0 saturated carbocycles. The third-order valence-corrected chi connectivity index (χ3v) is 24.3. The third kappa shape index (κ3) is 29.2. The van der Waals surface area contributed by atoms with Crippen molar-refractivity contribution < 1.29 is 102 Å². The number of carbonyl (C=O) groups is 16. The monoisotopic (exact) mass is 1840 g/mol. The minimum atomic E-state index is -1.67. The molecule has 3 aliphatic heterocycles. The number of hydrogen-bond acceptors (Lipinski definition) is 23. The molecule has 724 valence electrons. The van der Waals surface area contributed by atoms with E-state index >= 15 is 19.2 Å². The molecule has 3 fully saturated rings. The average Bonchev–Trinajstić information content (AvgIpc) is 1.64. The Bertz CT molecular complexity index is 4850. The highest BCUT2D eigenvalue weighted by Gasteiger charge is 2.45. The van der Waals surface area contributed by atoms with Crippen LogP contribution in [0, 0.1) is 11.8 Å². The topological polar surface area (TPSA) is 613 Å². The molecule has 5 heterocycles. The van der Waals surface area contributed by atoms with Gasteiger partial charge in [-0.05, 0) is 137 Å². The number of nitrogens with one attached hydrogen (secondary N) is 10. The molecule has 0 unspecified atom stereocenters. The van der Waals surface area contributed by atoms with Crippen LogP contribution in [0.25, 0.3) is 21.8 Å². The van der Waals surface area contributed by atoms with E-state index in [0.29, 0.717) is 72.5 Å². The van der Waals surface area contributed by atoms with Gasteiger partial charge in [-0.25, -0.2) is 0 Å². The summed E-state index contributed by atoms with van der Waals surface area (Å²) < 4.78 is 7.21. The van der Waals surface area contributed by atoms with Crippen molar-refractivity contribution in [3.05, 3.63) is 102 Å². The van der Waals surface area contributed by atoms with Crippen LogP contribution in [0.4, 0.5) is 0 Å². The maximum atomic E-state index is 15.6. The van der Waals surface area contributed by atoms with Crippen LogP contribution < -0.4 is 70.9 Å². The van der Waals surface area contributed by atoms with E-state index in [2.05, 4.69) is 47.5 Å². The van der Waals surface area contributed by atoms with Crippen LogP contribution in [-0.4, -0.2) is 300 Å². The fraction of sp³-hybridized carbons (Fsp3) is 0.582. The fourth-order valence-electron chi connectivity index (χ4n) is 17.3. The Kier molecular flexibility index (Phi) is 40.2. The van der Waals surface area contributed by atoms with Crippen LogP contribution >= 0.6 is 0 Å². The number of benzene rings is 3. The molecule has 41 nitrogen and oxygen atoms in total. The number of carbonyl (C=O) groups excluding carboxylic acids is 15. The van der Waals surface area contributed by atoms with Crippen LogP contribution in [0.15, 0.2) is 85.2 Å². The Morgan fingerprint density at radius 1 is 0.561 bits per heavy atom. The van der Waals surface area contributed by atoms with Gasteiger partial charge in [-0.2, -0.15) is 5.48 Å². The molecule has 0 bridgehead atoms. The van der Waals surface area contributed by atoms with Crippen molar-refractivity contribution in [3.8, 4) is 5.75 Å². The first-order valence-electron chi connectivity index (χ1n) is 45.4. The highest BCUT2D eigenvalue weighted by Crippen LogP contribution is 2.29. The smallest absolute Gasteiger partial charge is 0.323 e. The SMILES string of the molecule is CCCC[C@@H](C(=O)N(C)[C@@H](CCCC)C(=O)N[C@@H](CC(C)C)C(=O)N[C@@H](COCC(=O)N[C@@H](Cc1ccc(O)cc1)C(=O)N1CCCC[C@H]1C(=O)N[C@@H](CC(N)=O)C(=O)N1CCC[C@H]1C(=O)N[C@@H](CN)C(=O)N[C@@H](CC(C)C)C(=O)N1C[C@H](O)C[C@H]1C)C(N)=O)N(C)C(=O)[C@H](Cc1cn(CC(=O)O)c2ccccc12)NC(=O)[C@H](CCN)NC(=O)[C@H](Cc1c[nH]c2ccccc12)NO. The molecule has 41 heteroatoms. The number of carboxylic acids is 1. The van der Waals surface area contributed by atoms with Gasteiger partial charge < -0.3 is 125 Å². The molecular formula is C91H134N20O21. The number of carboxylic acid groups (broad SMARTS) is 1. The number of phenolic OH excluding ortho intramolecular Hbond substituents is 1.